The summed E-state index contributed by atoms with van der Waals surface area (Å²) in [7, 11) is 1.51. The zero-order chi connectivity index (χ0) is 11.7. The molecule has 2 rings (SSSR count). The van der Waals surface area contributed by atoms with Crippen LogP contribution in [0.4, 0.5) is 10.2 Å². The predicted octanol–water partition coefficient (Wildman–Crippen LogP) is 2.38. The lowest BCUT2D eigenvalue weighted by Gasteiger charge is -2.09. The van der Waals surface area contributed by atoms with Crippen molar-refractivity contribution in [2.45, 2.75) is 6.92 Å². The van der Waals surface area contributed by atoms with Crippen molar-refractivity contribution in [3.05, 3.63) is 29.6 Å². The van der Waals surface area contributed by atoms with Crippen LogP contribution in [-0.2, 0) is 0 Å². The number of methoxy groups -OCH3 is 1. The molecule has 0 unspecified atom stereocenters. The van der Waals surface area contributed by atoms with E-state index in [0.29, 0.717) is 22.6 Å². The molecule has 0 amide bonds. The Morgan fingerprint density at radius 1 is 1.44 bits per heavy atom. The second-order valence-electron chi connectivity index (χ2n) is 3.37. The van der Waals surface area contributed by atoms with Crippen LogP contribution < -0.4 is 10.5 Å². The van der Waals surface area contributed by atoms with Gasteiger partial charge in [-0.2, -0.15) is 0 Å². The van der Waals surface area contributed by atoms with E-state index in [1.54, 1.807) is 6.92 Å². The molecule has 0 aliphatic carbocycles. The molecule has 0 fully saturated rings. The van der Waals surface area contributed by atoms with Gasteiger partial charge in [0.2, 0.25) is 0 Å². The van der Waals surface area contributed by atoms with Gasteiger partial charge in [0.1, 0.15) is 11.6 Å². The van der Waals surface area contributed by atoms with Crippen molar-refractivity contribution in [3.8, 4) is 17.1 Å². The van der Waals surface area contributed by atoms with Gasteiger partial charge in [0.05, 0.1) is 12.7 Å². The number of halogens is 1. The highest BCUT2D eigenvalue weighted by molar-refractivity contribution is 5.71. The highest BCUT2D eigenvalue weighted by Gasteiger charge is 2.16. The van der Waals surface area contributed by atoms with E-state index in [9.17, 15) is 4.39 Å². The molecule has 16 heavy (non-hydrogen) atoms. The SMILES string of the molecule is COc1ccc(F)c(C)c1-c1cc(N)no1. The highest BCUT2D eigenvalue weighted by atomic mass is 19.1. The number of nitrogens with two attached hydrogens (primary N) is 1. The zero-order valence-corrected chi connectivity index (χ0v) is 8.95. The van der Waals surface area contributed by atoms with Crippen LogP contribution in [0.15, 0.2) is 22.7 Å². The third-order valence-corrected chi connectivity index (χ3v) is 2.36. The first-order chi connectivity index (χ1) is 7.63. The van der Waals surface area contributed by atoms with Crippen LogP contribution in [0.1, 0.15) is 5.56 Å². The summed E-state index contributed by atoms with van der Waals surface area (Å²) in [5, 5.41) is 3.56. The second kappa shape index (κ2) is 3.84. The van der Waals surface area contributed by atoms with Gasteiger partial charge in [0.25, 0.3) is 0 Å². The maximum atomic E-state index is 13.4. The first-order valence-electron chi connectivity index (χ1n) is 4.69. The predicted molar refractivity (Wildman–Crippen MR) is 57.6 cm³/mol. The minimum atomic E-state index is -0.328. The van der Waals surface area contributed by atoms with E-state index < -0.39 is 0 Å². The molecule has 0 saturated heterocycles. The summed E-state index contributed by atoms with van der Waals surface area (Å²) >= 11 is 0. The monoisotopic (exact) mass is 222 g/mol. The highest BCUT2D eigenvalue weighted by Crippen LogP contribution is 2.35. The van der Waals surface area contributed by atoms with Crippen molar-refractivity contribution in [1.82, 2.24) is 5.16 Å². The molecule has 2 N–H and O–H groups in total. The molecule has 0 bridgehead atoms. The van der Waals surface area contributed by atoms with Crippen LogP contribution >= 0.6 is 0 Å². The average Bonchev–Trinajstić information content (AvgIpc) is 2.68. The Kier molecular flexibility index (Phi) is 2.52. The first-order valence-corrected chi connectivity index (χ1v) is 4.69. The van der Waals surface area contributed by atoms with Crippen molar-refractivity contribution >= 4 is 5.82 Å². The molecular formula is C11H11FN2O2. The average molecular weight is 222 g/mol. The van der Waals surface area contributed by atoms with E-state index >= 15 is 0 Å². The second-order valence-corrected chi connectivity index (χ2v) is 3.37. The lowest BCUT2D eigenvalue weighted by molar-refractivity contribution is 0.405. The van der Waals surface area contributed by atoms with Gasteiger partial charge in [-0.15, -0.1) is 0 Å². The van der Waals surface area contributed by atoms with Crippen LogP contribution in [0.3, 0.4) is 0 Å². The van der Waals surface area contributed by atoms with Crippen LogP contribution in [0, 0.1) is 12.7 Å². The minimum Gasteiger partial charge on any atom is -0.496 e. The van der Waals surface area contributed by atoms with Crippen molar-refractivity contribution in [3.63, 3.8) is 0 Å². The van der Waals surface area contributed by atoms with E-state index in [4.69, 9.17) is 15.0 Å². The maximum absolute atomic E-state index is 13.4. The van der Waals surface area contributed by atoms with Gasteiger partial charge in [-0.25, -0.2) is 4.39 Å². The van der Waals surface area contributed by atoms with E-state index in [0.717, 1.165) is 0 Å². The number of ether oxygens (including phenoxy) is 1. The van der Waals surface area contributed by atoms with E-state index in [2.05, 4.69) is 5.16 Å². The molecule has 4 nitrogen and oxygen atoms in total. The van der Waals surface area contributed by atoms with Crippen molar-refractivity contribution in [1.29, 1.82) is 0 Å². The Balaban J connectivity index is 2.66. The van der Waals surface area contributed by atoms with Gasteiger partial charge in [0.15, 0.2) is 11.6 Å². The van der Waals surface area contributed by atoms with Crippen LogP contribution in [0.5, 0.6) is 5.75 Å². The van der Waals surface area contributed by atoms with E-state index in [-0.39, 0.29) is 11.6 Å². The molecule has 0 radical (unpaired) electrons. The summed E-state index contributed by atoms with van der Waals surface area (Å²) in [5.74, 6) is 0.841. The Bertz CT molecular complexity index is 523. The normalized spacial score (nSPS) is 10.4. The lowest BCUT2D eigenvalue weighted by Crippen LogP contribution is -1.93. The Morgan fingerprint density at radius 3 is 2.75 bits per heavy atom. The summed E-state index contributed by atoms with van der Waals surface area (Å²) in [5.41, 5.74) is 6.43. The van der Waals surface area contributed by atoms with Gasteiger partial charge < -0.3 is 15.0 Å². The van der Waals surface area contributed by atoms with Crippen LogP contribution in [0.25, 0.3) is 11.3 Å². The molecule has 1 aromatic carbocycles. The summed E-state index contributed by atoms with van der Waals surface area (Å²) in [6.45, 7) is 1.64. The molecule has 0 atom stereocenters. The molecule has 5 heteroatoms. The first kappa shape index (κ1) is 10.5. The Labute approximate surface area is 91.8 Å². The number of nitrogen functional groups attached to an aromatic ring is 1. The molecule has 1 aromatic heterocycles. The van der Waals surface area contributed by atoms with Gasteiger partial charge in [-0.1, -0.05) is 5.16 Å². The lowest BCUT2D eigenvalue weighted by atomic mass is 10.0. The summed E-state index contributed by atoms with van der Waals surface area (Å²) in [4.78, 5) is 0. The van der Waals surface area contributed by atoms with Crippen molar-refractivity contribution < 1.29 is 13.7 Å². The maximum Gasteiger partial charge on any atom is 0.173 e. The summed E-state index contributed by atoms with van der Waals surface area (Å²) < 4.78 is 23.6. The number of hydrogen-bond donors (Lipinski definition) is 1. The number of nitrogens with zero attached hydrogens (tertiary/aromatic N) is 1. The molecule has 2 aromatic rings. The fraction of sp³-hybridized carbons (Fsp3) is 0.182. The third kappa shape index (κ3) is 1.60. The molecule has 84 valence electrons. The quantitative estimate of drug-likeness (QED) is 0.847. The van der Waals surface area contributed by atoms with E-state index in [1.807, 2.05) is 0 Å². The smallest absolute Gasteiger partial charge is 0.173 e. The van der Waals surface area contributed by atoms with Crippen LogP contribution in [0.2, 0.25) is 0 Å². The van der Waals surface area contributed by atoms with Crippen molar-refractivity contribution in [2.75, 3.05) is 12.8 Å². The number of anilines is 1. The van der Waals surface area contributed by atoms with Crippen LogP contribution in [-0.4, -0.2) is 12.3 Å². The van der Waals surface area contributed by atoms with Crippen molar-refractivity contribution in [2.24, 2.45) is 0 Å². The topological polar surface area (TPSA) is 61.3 Å². The number of rotatable bonds is 2. The van der Waals surface area contributed by atoms with E-state index in [1.165, 1.54) is 25.3 Å². The molecular weight excluding hydrogens is 211 g/mol. The third-order valence-electron chi connectivity index (χ3n) is 2.36. The molecule has 0 aliphatic rings. The number of aromatic nitrogens is 1. The largest absolute Gasteiger partial charge is 0.496 e. The van der Waals surface area contributed by atoms with Gasteiger partial charge in [0, 0.05) is 6.07 Å². The van der Waals surface area contributed by atoms with Gasteiger partial charge >= 0.3 is 0 Å². The van der Waals surface area contributed by atoms with Gasteiger partial charge in [-0.3, -0.25) is 0 Å². The van der Waals surface area contributed by atoms with Gasteiger partial charge in [-0.05, 0) is 24.6 Å². The molecule has 0 saturated carbocycles. The fourth-order valence-electron chi connectivity index (χ4n) is 1.54. The molecule has 1 heterocycles. The zero-order valence-electron chi connectivity index (χ0n) is 8.95. The minimum absolute atomic E-state index is 0.251. The number of benzene rings is 1. The molecule has 0 spiro atoms. The Hall–Kier alpha value is -2.04. The summed E-state index contributed by atoms with van der Waals surface area (Å²) in [6, 6.07) is 4.41. The molecule has 0 aliphatic heterocycles. The summed E-state index contributed by atoms with van der Waals surface area (Å²) in [6.07, 6.45) is 0. The Morgan fingerprint density at radius 2 is 2.19 bits per heavy atom. The standard InChI is InChI=1S/C11H11FN2O2/c1-6-7(12)3-4-8(15-2)11(6)9-5-10(13)14-16-9/h3-5H,1-2H3,(H2,13,14). The number of hydrogen-bond acceptors (Lipinski definition) is 4. The fourth-order valence-corrected chi connectivity index (χ4v) is 1.54.